The van der Waals surface area contributed by atoms with Gasteiger partial charge in [-0.1, -0.05) is 32.9 Å². The molecule has 0 aromatic heterocycles. The number of anilines is 1. The second-order valence-electron chi connectivity index (χ2n) is 5.49. The van der Waals surface area contributed by atoms with E-state index in [1.54, 1.807) is 0 Å². The number of nitrogens with one attached hydrogen (secondary N) is 1. The Morgan fingerprint density at radius 2 is 1.56 bits per heavy atom. The standard InChI is InChI=1S/C14H19NO3/c1-8-6-10(14(3,4)5)7-9(2)11(8)15-12(16)13(17)18/h6-7H,1-5H3,(H,15,16)(H,17,18). The van der Waals surface area contributed by atoms with Crippen molar-refractivity contribution in [3.05, 3.63) is 28.8 Å². The van der Waals surface area contributed by atoms with E-state index in [0.29, 0.717) is 5.69 Å². The Balaban J connectivity index is 3.17. The maximum atomic E-state index is 11.2. The molecule has 0 fully saturated rings. The van der Waals surface area contributed by atoms with Gasteiger partial charge in [0.15, 0.2) is 0 Å². The van der Waals surface area contributed by atoms with Crippen LogP contribution >= 0.6 is 0 Å². The third-order valence-electron chi connectivity index (χ3n) is 2.83. The third-order valence-corrected chi connectivity index (χ3v) is 2.83. The van der Waals surface area contributed by atoms with Crippen LogP contribution in [0.3, 0.4) is 0 Å². The van der Waals surface area contributed by atoms with E-state index in [9.17, 15) is 9.59 Å². The van der Waals surface area contributed by atoms with E-state index in [2.05, 4.69) is 26.1 Å². The molecule has 1 aromatic rings. The lowest BCUT2D eigenvalue weighted by atomic mass is 9.85. The van der Waals surface area contributed by atoms with Gasteiger partial charge in [0.1, 0.15) is 0 Å². The Bertz CT molecular complexity index is 475. The van der Waals surface area contributed by atoms with E-state index in [4.69, 9.17) is 5.11 Å². The van der Waals surface area contributed by atoms with Crippen LogP contribution in [0.15, 0.2) is 12.1 Å². The van der Waals surface area contributed by atoms with Crippen molar-refractivity contribution in [2.24, 2.45) is 0 Å². The highest BCUT2D eigenvalue weighted by atomic mass is 16.4. The zero-order valence-corrected chi connectivity index (χ0v) is 11.4. The Kier molecular flexibility index (Phi) is 3.79. The first-order valence-corrected chi connectivity index (χ1v) is 5.79. The minimum atomic E-state index is -1.48. The predicted molar refractivity (Wildman–Crippen MR) is 70.9 cm³/mol. The first-order valence-electron chi connectivity index (χ1n) is 5.79. The minimum absolute atomic E-state index is 0.0187. The zero-order valence-electron chi connectivity index (χ0n) is 11.4. The quantitative estimate of drug-likeness (QED) is 0.752. The van der Waals surface area contributed by atoms with E-state index in [1.807, 2.05) is 26.0 Å². The molecule has 98 valence electrons. The lowest BCUT2D eigenvalue weighted by Gasteiger charge is -2.22. The molecule has 2 N–H and O–H groups in total. The lowest BCUT2D eigenvalue weighted by Crippen LogP contribution is -2.23. The number of aliphatic carboxylic acids is 1. The molecular weight excluding hydrogens is 230 g/mol. The molecule has 0 aliphatic rings. The Morgan fingerprint density at radius 1 is 1.11 bits per heavy atom. The van der Waals surface area contributed by atoms with Crippen LogP contribution in [0.25, 0.3) is 0 Å². The molecule has 0 spiro atoms. The summed E-state index contributed by atoms with van der Waals surface area (Å²) in [7, 11) is 0. The van der Waals surface area contributed by atoms with Crippen LogP contribution in [0.5, 0.6) is 0 Å². The van der Waals surface area contributed by atoms with Gasteiger partial charge < -0.3 is 10.4 Å². The number of hydrogen-bond donors (Lipinski definition) is 2. The van der Waals surface area contributed by atoms with Gasteiger partial charge in [-0.2, -0.15) is 0 Å². The van der Waals surface area contributed by atoms with Crippen molar-refractivity contribution in [1.82, 2.24) is 0 Å². The first-order chi connectivity index (χ1) is 8.12. The largest absolute Gasteiger partial charge is 0.474 e. The van der Waals surface area contributed by atoms with Crippen LogP contribution in [-0.2, 0) is 15.0 Å². The molecule has 0 aliphatic carbocycles. The fourth-order valence-electron chi connectivity index (χ4n) is 1.76. The molecule has 1 aromatic carbocycles. The highest BCUT2D eigenvalue weighted by Gasteiger charge is 2.18. The van der Waals surface area contributed by atoms with Gasteiger partial charge in [-0.15, -0.1) is 0 Å². The molecule has 0 saturated heterocycles. The van der Waals surface area contributed by atoms with Crippen molar-refractivity contribution < 1.29 is 14.7 Å². The first kappa shape index (κ1) is 14.2. The third kappa shape index (κ3) is 3.09. The molecule has 0 aliphatic heterocycles. The van der Waals surface area contributed by atoms with E-state index < -0.39 is 11.9 Å². The van der Waals surface area contributed by atoms with Gasteiger partial charge in [0, 0.05) is 5.69 Å². The number of rotatable bonds is 1. The summed E-state index contributed by atoms with van der Waals surface area (Å²) < 4.78 is 0. The van der Waals surface area contributed by atoms with Crippen LogP contribution < -0.4 is 5.32 Å². The van der Waals surface area contributed by atoms with E-state index in [1.165, 1.54) is 0 Å². The van der Waals surface area contributed by atoms with Gasteiger partial charge in [-0.05, 0) is 36.0 Å². The average Bonchev–Trinajstić information content (AvgIpc) is 2.21. The van der Waals surface area contributed by atoms with Crippen molar-refractivity contribution in [1.29, 1.82) is 0 Å². The van der Waals surface area contributed by atoms with E-state index in [0.717, 1.165) is 16.7 Å². The number of carboxylic acid groups (broad SMARTS) is 1. The van der Waals surface area contributed by atoms with Crippen molar-refractivity contribution in [3.8, 4) is 0 Å². The fraction of sp³-hybridized carbons (Fsp3) is 0.429. The number of carbonyl (C=O) groups excluding carboxylic acids is 1. The summed E-state index contributed by atoms with van der Waals surface area (Å²) in [4.78, 5) is 21.7. The zero-order chi connectivity index (χ0) is 14.1. The lowest BCUT2D eigenvalue weighted by molar-refractivity contribution is -0.147. The molecule has 1 amide bonds. The van der Waals surface area contributed by atoms with Crippen LogP contribution in [0, 0.1) is 13.8 Å². The molecule has 18 heavy (non-hydrogen) atoms. The number of aryl methyl sites for hydroxylation is 2. The molecule has 0 heterocycles. The summed E-state index contributed by atoms with van der Waals surface area (Å²) in [6.45, 7) is 10.0. The number of carboxylic acids is 1. The summed E-state index contributed by atoms with van der Waals surface area (Å²) in [6, 6.07) is 3.95. The number of carbonyl (C=O) groups is 2. The SMILES string of the molecule is Cc1cc(C(C)(C)C)cc(C)c1NC(=O)C(=O)O. The Hall–Kier alpha value is -1.84. The van der Waals surface area contributed by atoms with E-state index >= 15 is 0 Å². The van der Waals surface area contributed by atoms with Crippen molar-refractivity contribution in [2.75, 3.05) is 5.32 Å². The van der Waals surface area contributed by atoms with Crippen LogP contribution in [0.4, 0.5) is 5.69 Å². The highest BCUT2D eigenvalue weighted by molar-refractivity contribution is 6.36. The molecule has 0 atom stereocenters. The molecule has 4 heteroatoms. The minimum Gasteiger partial charge on any atom is -0.474 e. The van der Waals surface area contributed by atoms with Gasteiger partial charge in [0.2, 0.25) is 0 Å². The Labute approximate surface area is 107 Å². The van der Waals surface area contributed by atoms with Gasteiger partial charge in [0.05, 0.1) is 0 Å². The number of benzene rings is 1. The molecular formula is C14H19NO3. The van der Waals surface area contributed by atoms with Crippen molar-refractivity contribution in [3.63, 3.8) is 0 Å². The molecule has 1 rings (SSSR count). The summed E-state index contributed by atoms with van der Waals surface area (Å²) in [5.41, 5.74) is 3.50. The average molecular weight is 249 g/mol. The fourth-order valence-corrected chi connectivity index (χ4v) is 1.76. The molecule has 0 bridgehead atoms. The predicted octanol–water partition coefficient (Wildman–Crippen LogP) is 2.62. The number of amides is 1. The monoisotopic (exact) mass is 249 g/mol. The number of hydrogen-bond acceptors (Lipinski definition) is 2. The maximum Gasteiger partial charge on any atom is 0.394 e. The van der Waals surface area contributed by atoms with Gasteiger partial charge in [-0.25, -0.2) is 4.79 Å². The molecule has 0 saturated carbocycles. The Morgan fingerprint density at radius 3 is 1.89 bits per heavy atom. The molecule has 0 radical (unpaired) electrons. The second kappa shape index (κ2) is 4.80. The summed E-state index contributed by atoms with van der Waals surface area (Å²) in [5, 5.41) is 11.0. The van der Waals surface area contributed by atoms with Crippen molar-refractivity contribution in [2.45, 2.75) is 40.0 Å². The van der Waals surface area contributed by atoms with Crippen LogP contribution in [0.2, 0.25) is 0 Å². The van der Waals surface area contributed by atoms with Crippen LogP contribution in [-0.4, -0.2) is 17.0 Å². The van der Waals surface area contributed by atoms with E-state index in [-0.39, 0.29) is 5.41 Å². The molecule has 0 unspecified atom stereocenters. The maximum absolute atomic E-state index is 11.2. The van der Waals surface area contributed by atoms with Gasteiger partial charge in [-0.3, -0.25) is 4.79 Å². The second-order valence-corrected chi connectivity index (χ2v) is 5.49. The van der Waals surface area contributed by atoms with Crippen molar-refractivity contribution >= 4 is 17.6 Å². The highest BCUT2D eigenvalue weighted by Crippen LogP contribution is 2.29. The summed E-state index contributed by atoms with van der Waals surface area (Å²) >= 11 is 0. The summed E-state index contributed by atoms with van der Waals surface area (Å²) in [6.07, 6.45) is 0. The molecule has 4 nitrogen and oxygen atoms in total. The van der Waals surface area contributed by atoms with Gasteiger partial charge in [0.25, 0.3) is 0 Å². The van der Waals surface area contributed by atoms with Gasteiger partial charge >= 0.3 is 11.9 Å². The van der Waals surface area contributed by atoms with Crippen LogP contribution in [0.1, 0.15) is 37.5 Å². The summed E-state index contributed by atoms with van der Waals surface area (Å²) in [5.74, 6) is -2.49. The smallest absolute Gasteiger partial charge is 0.394 e. The normalized spacial score (nSPS) is 11.2. The topological polar surface area (TPSA) is 66.4 Å².